The first-order chi connectivity index (χ1) is 5.05. The fourth-order valence-electron chi connectivity index (χ4n) is 0.664. The van der Waals surface area contributed by atoms with Crippen molar-refractivity contribution in [1.82, 2.24) is 0 Å². The van der Waals surface area contributed by atoms with Crippen LogP contribution in [0.5, 0.6) is 5.06 Å². The Labute approximate surface area is 65.4 Å². The number of halogens is 3. The van der Waals surface area contributed by atoms with Crippen LogP contribution in [0.4, 0.5) is 13.2 Å². The van der Waals surface area contributed by atoms with Crippen LogP contribution in [0.2, 0.25) is 0 Å². The smallest absolute Gasteiger partial charge is 0.420 e. The molecule has 5 heteroatoms. The van der Waals surface area contributed by atoms with Gasteiger partial charge in [-0.1, -0.05) is 0 Å². The predicted octanol–water partition coefficient (Wildman–Crippen LogP) is 2.78. The molecule has 0 unspecified atom stereocenters. The molecular formula is C6H5F3OS. The number of hydrogen-bond donors (Lipinski definition) is 0. The van der Waals surface area contributed by atoms with Crippen LogP contribution in [0.15, 0.2) is 11.4 Å². The van der Waals surface area contributed by atoms with Gasteiger partial charge in [0.25, 0.3) is 0 Å². The first-order valence-electron chi connectivity index (χ1n) is 2.74. The number of alkyl halides is 3. The highest BCUT2D eigenvalue weighted by molar-refractivity contribution is 7.12. The monoisotopic (exact) mass is 182 g/mol. The molecule has 0 amide bonds. The van der Waals surface area contributed by atoms with Crippen LogP contribution >= 0.6 is 11.3 Å². The fourth-order valence-corrected chi connectivity index (χ4v) is 1.40. The van der Waals surface area contributed by atoms with Crippen molar-refractivity contribution < 1.29 is 17.9 Å². The first kappa shape index (κ1) is 8.39. The number of methoxy groups -OCH3 is 1. The van der Waals surface area contributed by atoms with E-state index in [0.717, 1.165) is 17.4 Å². The van der Waals surface area contributed by atoms with Gasteiger partial charge in [0.05, 0.1) is 7.11 Å². The summed E-state index contributed by atoms with van der Waals surface area (Å²) < 4.78 is 40.5. The van der Waals surface area contributed by atoms with E-state index in [0.29, 0.717) is 0 Å². The molecule has 0 aliphatic rings. The van der Waals surface area contributed by atoms with Gasteiger partial charge in [0, 0.05) is 0 Å². The molecule has 0 bridgehead atoms. The molecule has 0 aliphatic heterocycles. The van der Waals surface area contributed by atoms with E-state index in [1.165, 1.54) is 12.5 Å². The molecule has 1 aromatic heterocycles. The quantitative estimate of drug-likeness (QED) is 0.648. The Morgan fingerprint density at radius 3 is 2.45 bits per heavy atom. The van der Waals surface area contributed by atoms with Crippen LogP contribution in [0.25, 0.3) is 0 Å². The van der Waals surface area contributed by atoms with Gasteiger partial charge in [-0.2, -0.15) is 13.2 Å². The highest BCUT2D eigenvalue weighted by atomic mass is 32.1. The number of ether oxygens (including phenoxy) is 1. The number of hydrogen-bond acceptors (Lipinski definition) is 2. The van der Waals surface area contributed by atoms with Crippen molar-refractivity contribution in [3.05, 3.63) is 17.0 Å². The molecule has 0 atom stereocenters. The van der Waals surface area contributed by atoms with Crippen molar-refractivity contribution >= 4 is 11.3 Å². The Morgan fingerprint density at radius 2 is 2.09 bits per heavy atom. The van der Waals surface area contributed by atoms with Crippen molar-refractivity contribution in [2.75, 3.05) is 7.11 Å². The first-order valence-corrected chi connectivity index (χ1v) is 3.62. The second-order valence-electron chi connectivity index (χ2n) is 1.82. The van der Waals surface area contributed by atoms with Crippen LogP contribution in [0.1, 0.15) is 5.56 Å². The highest BCUT2D eigenvalue weighted by Gasteiger charge is 2.34. The van der Waals surface area contributed by atoms with Gasteiger partial charge in [0.1, 0.15) is 5.56 Å². The summed E-state index contributed by atoms with van der Waals surface area (Å²) in [5, 5.41) is 1.26. The SMILES string of the molecule is COc1sccc1C(F)(F)F. The van der Waals surface area contributed by atoms with E-state index in [2.05, 4.69) is 4.74 Å². The van der Waals surface area contributed by atoms with E-state index < -0.39 is 11.7 Å². The standard InChI is InChI=1S/C6H5F3OS/c1-10-5-4(2-3-11-5)6(7,8)9/h2-3H,1H3. The van der Waals surface area contributed by atoms with E-state index in [9.17, 15) is 13.2 Å². The Morgan fingerprint density at radius 1 is 1.45 bits per heavy atom. The molecule has 0 radical (unpaired) electrons. The number of rotatable bonds is 1. The Hall–Kier alpha value is -0.710. The third kappa shape index (κ3) is 1.65. The lowest BCUT2D eigenvalue weighted by Crippen LogP contribution is -2.04. The van der Waals surface area contributed by atoms with Gasteiger partial charge in [0.15, 0.2) is 5.06 Å². The zero-order valence-corrected chi connectivity index (χ0v) is 6.42. The van der Waals surface area contributed by atoms with E-state index in [4.69, 9.17) is 0 Å². The minimum Gasteiger partial charge on any atom is -0.487 e. The van der Waals surface area contributed by atoms with Gasteiger partial charge in [-0.15, -0.1) is 11.3 Å². The van der Waals surface area contributed by atoms with Gasteiger partial charge >= 0.3 is 6.18 Å². The molecular weight excluding hydrogens is 177 g/mol. The maximum Gasteiger partial charge on any atom is 0.420 e. The maximum atomic E-state index is 12.0. The average Bonchev–Trinajstić information content (AvgIpc) is 2.31. The van der Waals surface area contributed by atoms with Crippen molar-refractivity contribution in [3.8, 4) is 5.06 Å². The second kappa shape index (κ2) is 2.73. The molecule has 0 fully saturated rings. The summed E-state index contributed by atoms with van der Waals surface area (Å²) in [6, 6.07) is 1.00. The summed E-state index contributed by atoms with van der Waals surface area (Å²) in [5.41, 5.74) is -0.704. The van der Waals surface area contributed by atoms with Crippen LogP contribution in [-0.2, 0) is 6.18 Å². The van der Waals surface area contributed by atoms with Gasteiger partial charge < -0.3 is 4.74 Å². The van der Waals surface area contributed by atoms with Gasteiger partial charge in [0.2, 0.25) is 0 Å². The summed E-state index contributed by atoms with van der Waals surface area (Å²) in [6.07, 6.45) is -4.30. The van der Waals surface area contributed by atoms with Crippen LogP contribution in [0, 0.1) is 0 Å². The molecule has 1 nitrogen and oxygen atoms in total. The zero-order chi connectivity index (χ0) is 8.48. The molecule has 0 aromatic carbocycles. The van der Waals surface area contributed by atoms with Crippen LogP contribution < -0.4 is 4.74 Å². The second-order valence-corrected chi connectivity index (χ2v) is 2.70. The molecule has 0 N–H and O–H groups in total. The van der Waals surface area contributed by atoms with Crippen molar-refractivity contribution in [2.24, 2.45) is 0 Å². The lowest BCUT2D eigenvalue weighted by molar-refractivity contribution is -0.138. The summed E-state index contributed by atoms with van der Waals surface area (Å²) in [7, 11) is 1.22. The van der Waals surface area contributed by atoms with Crippen molar-refractivity contribution in [2.45, 2.75) is 6.18 Å². The molecule has 11 heavy (non-hydrogen) atoms. The lowest BCUT2D eigenvalue weighted by atomic mass is 10.3. The third-order valence-corrected chi connectivity index (χ3v) is 1.99. The van der Waals surface area contributed by atoms with Gasteiger partial charge in [-0.25, -0.2) is 0 Å². The Bertz CT molecular complexity index is 240. The Balaban J connectivity index is 3.02. The van der Waals surface area contributed by atoms with Crippen molar-refractivity contribution in [1.29, 1.82) is 0 Å². The molecule has 1 aromatic rings. The Kier molecular flexibility index (Phi) is 2.08. The summed E-state index contributed by atoms with van der Waals surface area (Å²) in [5.74, 6) is 0. The van der Waals surface area contributed by atoms with E-state index in [1.807, 2.05) is 0 Å². The molecule has 1 rings (SSSR count). The maximum absolute atomic E-state index is 12.0. The average molecular weight is 182 g/mol. The van der Waals surface area contributed by atoms with E-state index in [-0.39, 0.29) is 5.06 Å². The molecule has 0 spiro atoms. The zero-order valence-electron chi connectivity index (χ0n) is 5.61. The van der Waals surface area contributed by atoms with Crippen LogP contribution in [-0.4, -0.2) is 7.11 Å². The topological polar surface area (TPSA) is 9.23 Å². The molecule has 1 heterocycles. The van der Waals surface area contributed by atoms with E-state index in [1.54, 1.807) is 0 Å². The molecule has 0 saturated carbocycles. The summed E-state index contributed by atoms with van der Waals surface area (Å²) in [6.45, 7) is 0. The molecule has 0 aliphatic carbocycles. The number of thiophene rings is 1. The fraction of sp³-hybridized carbons (Fsp3) is 0.333. The van der Waals surface area contributed by atoms with Crippen LogP contribution in [0.3, 0.4) is 0 Å². The lowest BCUT2D eigenvalue weighted by Gasteiger charge is -2.05. The van der Waals surface area contributed by atoms with Gasteiger partial charge in [-0.3, -0.25) is 0 Å². The largest absolute Gasteiger partial charge is 0.487 e. The predicted molar refractivity (Wildman–Crippen MR) is 35.9 cm³/mol. The summed E-state index contributed by atoms with van der Waals surface area (Å²) in [4.78, 5) is 0. The highest BCUT2D eigenvalue weighted by Crippen LogP contribution is 2.39. The van der Waals surface area contributed by atoms with Crippen molar-refractivity contribution in [3.63, 3.8) is 0 Å². The molecule has 0 saturated heterocycles. The minimum absolute atomic E-state index is 0.0856. The normalized spacial score (nSPS) is 11.6. The molecule has 62 valence electrons. The third-order valence-electron chi connectivity index (χ3n) is 1.12. The van der Waals surface area contributed by atoms with E-state index >= 15 is 0 Å². The van der Waals surface area contributed by atoms with Gasteiger partial charge in [-0.05, 0) is 11.4 Å². The summed E-state index contributed by atoms with van der Waals surface area (Å²) >= 11 is 0.934. The minimum atomic E-state index is -4.30.